The Kier molecular flexibility index (Phi) is 5.26. The summed E-state index contributed by atoms with van der Waals surface area (Å²) in [6, 6.07) is 12.1. The Hall–Kier alpha value is -2.50. The zero-order valence-corrected chi connectivity index (χ0v) is 14.6. The molecule has 0 aromatic heterocycles. The maximum atomic E-state index is 12.1. The van der Waals surface area contributed by atoms with Crippen LogP contribution in [0.1, 0.15) is 5.56 Å². The second kappa shape index (κ2) is 7.59. The molecule has 1 fully saturated rings. The van der Waals surface area contributed by atoms with Gasteiger partial charge in [-0.25, -0.2) is 4.79 Å². The van der Waals surface area contributed by atoms with Crippen LogP contribution in [-0.2, 0) is 9.53 Å². The van der Waals surface area contributed by atoms with E-state index in [9.17, 15) is 9.59 Å². The second-order valence-electron chi connectivity index (χ2n) is 5.31. The van der Waals surface area contributed by atoms with Crippen LogP contribution in [0.3, 0.4) is 0 Å². The Bertz CT molecular complexity index is 852. The van der Waals surface area contributed by atoms with Gasteiger partial charge in [0.2, 0.25) is 5.91 Å². The molecule has 128 valence electrons. The van der Waals surface area contributed by atoms with Crippen molar-refractivity contribution in [3.05, 3.63) is 64.1 Å². The Morgan fingerprint density at radius 1 is 1.16 bits per heavy atom. The zero-order chi connectivity index (χ0) is 17.8. The van der Waals surface area contributed by atoms with E-state index in [0.717, 1.165) is 5.56 Å². The molecule has 1 saturated heterocycles. The van der Waals surface area contributed by atoms with E-state index in [0.29, 0.717) is 34.6 Å². The molecular weight excluding hydrogens is 363 g/mol. The molecule has 5 nitrogen and oxygen atoms in total. The molecule has 0 spiro atoms. The van der Waals surface area contributed by atoms with Crippen LogP contribution in [0.2, 0.25) is 10.0 Å². The molecule has 0 aliphatic carbocycles. The maximum Gasteiger partial charge on any atom is 0.414 e. The topological polar surface area (TPSA) is 58.6 Å². The quantitative estimate of drug-likeness (QED) is 0.793. The van der Waals surface area contributed by atoms with Crippen LogP contribution >= 0.6 is 23.2 Å². The summed E-state index contributed by atoms with van der Waals surface area (Å²) >= 11 is 11.8. The fraction of sp³-hybridized carbons (Fsp3) is 0.111. The predicted octanol–water partition coefficient (Wildman–Crippen LogP) is 4.60. The number of amides is 2. The molecule has 0 unspecified atom stereocenters. The molecular formula is C18H14Cl2N2O3. The summed E-state index contributed by atoms with van der Waals surface area (Å²) < 4.78 is 4.91. The Balaban J connectivity index is 1.67. The molecule has 7 heteroatoms. The standard InChI is InChI=1S/C18H14Cl2N2O3/c19-15-6-4-12(10-16(15)20)5-7-17(23)21-13-2-1-3-14(11-13)22-8-9-25-18(22)24/h1-7,10-11H,8-9H2,(H,21,23)/b7-5+. The smallest absolute Gasteiger partial charge is 0.414 e. The molecule has 25 heavy (non-hydrogen) atoms. The van der Waals surface area contributed by atoms with Gasteiger partial charge in [-0.15, -0.1) is 0 Å². The maximum absolute atomic E-state index is 12.1. The number of anilines is 2. The highest BCUT2D eigenvalue weighted by Gasteiger charge is 2.23. The van der Waals surface area contributed by atoms with Crippen LogP contribution in [0.15, 0.2) is 48.5 Å². The first kappa shape index (κ1) is 17.3. The molecule has 0 bridgehead atoms. The van der Waals surface area contributed by atoms with E-state index in [-0.39, 0.29) is 12.0 Å². The number of halogens is 2. The SMILES string of the molecule is O=C(/C=C/c1ccc(Cl)c(Cl)c1)Nc1cccc(N2CCOC2=O)c1. The van der Waals surface area contributed by atoms with Crippen molar-refractivity contribution >= 4 is 52.7 Å². The highest BCUT2D eigenvalue weighted by atomic mass is 35.5. The van der Waals surface area contributed by atoms with Crippen molar-refractivity contribution in [2.45, 2.75) is 0 Å². The first-order chi connectivity index (χ1) is 12.0. The minimum atomic E-state index is -0.386. The van der Waals surface area contributed by atoms with Crippen molar-refractivity contribution in [1.29, 1.82) is 0 Å². The second-order valence-corrected chi connectivity index (χ2v) is 6.13. The van der Waals surface area contributed by atoms with Gasteiger partial charge in [-0.3, -0.25) is 9.69 Å². The van der Waals surface area contributed by atoms with Crippen molar-refractivity contribution in [3.8, 4) is 0 Å². The lowest BCUT2D eigenvalue weighted by Gasteiger charge is -2.13. The van der Waals surface area contributed by atoms with Crippen LogP contribution in [0, 0.1) is 0 Å². The average molecular weight is 377 g/mol. The fourth-order valence-corrected chi connectivity index (χ4v) is 2.66. The zero-order valence-electron chi connectivity index (χ0n) is 13.0. The van der Waals surface area contributed by atoms with E-state index in [1.165, 1.54) is 11.0 Å². The number of ether oxygens (including phenoxy) is 1. The number of rotatable bonds is 4. The Labute approximate surface area is 154 Å². The Morgan fingerprint density at radius 3 is 2.72 bits per heavy atom. The van der Waals surface area contributed by atoms with Gasteiger partial charge in [-0.05, 0) is 42.0 Å². The molecule has 1 heterocycles. The van der Waals surface area contributed by atoms with Gasteiger partial charge in [0.25, 0.3) is 0 Å². The van der Waals surface area contributed by atoms with Gasteiger partial charge in [0.05, 0.1) is 16.6 Å². The van der Waals surface area contributed by atoms with E-state index >= 15 is 0 Å². The lowest BCUT2D eigenvalue weighted by Crippen LogP contribution is -2.23. The van der Waals surface area contributed by atoms with Crippen molar-refractivity contribution in [3.63, 3.8) is 0 Å². The first-order valence-corrected chi connectivity index (χ1v) is 8.27. The van der Waals surface area contributed by atoms with Gasteiger partial charge in [0, 0.05) is 17.5 Å². The molecule has 2 aromatic carbocycles. The van der Waals surface area contributed by atoms with E-state index in [4.69, 9.17) is 27.9 Å². The molecule has 1 N–H and O–H groups in total. The Morgan fingerprint density at radius 2 is 2.00 bits per heavy atom. The largest absolute Gasteiger partial charge is 0.447 e. The molecule has 1 aliphatic heterocycles. The molecule has 2 amide bonds. The number of carbonyl (C=O) groups is 2. The normalized spacial score (nSPS) is 14.0. The van der Waals surface area contributed by atoms with Crippen LogP contribution in [-0.4, -0.2) is 25.2 Å². The molecule has 0 radical (unpaired) electrons. The summed E-state index contributed by atoms with van der Waals surface area (Å²) in [5.74, 6) is -0.299. The van der Waals surface area contributed by atoms with Crippen molar-refractivity contribution in [2.75, 3.05) is 23.4 Å². The first-order valence-electron chi connectivity index (χ1n) is 7.51. The monoisotopic (exact) mass is 376 g/mol. The predicted molar refractivity (Wildman–Crippen MR) is 99.3 cm³/mol. The molecule has 0 atom stereocenters. The molecule has 2 aromatic rings. The van der Waals surface area contributed by atoms with Gasteiger partial charge < -0.3 is 10.1 Å². The summed E-state index contributed by atoms with van der Waals surface area (Å²) in [6.45, 7) is 0.856. The molecule has 1 aliphatic rings. The highest BCUT2D eigenvalue weighted by molar-refractivity contribution is 6.42. The van der Waals surface area contributed by atoms with E-state index in [1.54, 1.807) is 48.5 Å². The number of cyclic esters (lactones) is 1. The summed E-state index contributed by atoms with van der Waals surface area (Å²) in [4.78, 5) is 25.2. The lowest BCUT2D eigenvalue weighted by atomic mass is 10.2. The minimum absolute atomic E-state index is 0.299. The lowest BCUT2D eigenvalue weighted by molar-refractivity contribution is -0.111. The molecule has 3 rings (SSSR count). The summed E-state index contributed by atoms with van der Waals surface area (Å²) in [5, 5.41) is 3.64. The third-order valence-electron chi connectivity index (χ3n) is 3.56. The number of nitrogens with one attached hydrogen (secondary N) is 1. The van der Waals surface area contributed by atoms with E-state index < -0.39 is 0 Å². The van der Waals surface area contributed by atoms with Gasteiger partial charge >= 0.3 is 6.09 Å². The summed E-state index contributed by atoms with van der Waals surface area (Å²) in [7, 11) is 0. The fourth-order valence-electron chi connectivity index (χ4n) is 2.35. The van der Waals surface area contributed by atoms with Gasteiger partial charge in [0.1, 0.15) is 6.61 Å². The summed E-state index contributed by atoms with van der Waals surface area (Å²) in [6.07, 6.45) is 2.65. The highest BCUT2D eigenvalue weighted by Crippen LogP contribution is 2.24. The van der Waals surface area contributed by atoms with Gasteiger partial charge in [-0.1, -0.05) is 35.3 Å². The van der Waals surface area contributed by atoms with Crippen molar-refractivity contribution in [1.82, 2.24) is 0 Å². The minimum Gasteiger partial charge on any atom is -0.447 e. The number of benzene rings is 2. The van der Waals surface area contributed by atoms with Crippen molar-refractivity contribution < 1.29 is 14.3 Å². The van der Waals surface area contributed by atoms with Gasteiger partial charge in [0.15, 0.2) is 0 Å². The average Bonchev–Trinajstić information content (AvgIpc) is 3.02. The summed E-state index contributed by atoms with van der Waals surface area (Å²) in [5.41, 5.74) is 2.02. The van der Waals surface area contributed by atoms with Crippen LogP contribution in [0.25, 0.3) is 6.08 Å². The number of nitrogens with zero attached hydrogens (tertiary/aromatic N) is 1. The number of hydrogen-bond acceptors (Lipinski definition) is 3. The van der Waals surface area contributed by atoms with E-state index in [1.807, 2.05) is 0 Å². The number of carbonyl (C=O) groups excluding carboxylic acids is 2. The number of hydrogen-bond donors (Lipinski definition) is 1. The molecule has 0 saturated carbocycles. The van der Waals surface area contributed by atoms with Gasteiger partial charge in [-0.2, -0.15) is 0 Å². The van der Waals surface area contributed by atoms with Crippen LogP contribution < -0.4 is 10.2 Å². The van der Waals surface area contributed by atoms with Crippen molar-refractivity contribution in [2.24, 2.45) is 0 Å². The van der Waals surface area contributed by atoms with Crippen LogP contribution in [0.5, 0.6) is 0 Å². The third-order valence-corrected chi connectivity index (χ3v) is 4.30. The third kappa shape index (κ3) is 4.32. The van der Waals surface area contributed by atoms with E-state index in [2.05, 4.69) is 5.32 Å². The van der Waals surface area contributed by atoms with Crippen LogP contribution in [0.4, 0.5) is 16.2 Å².